The lowest BCUT2D eigenvalue weighted by Gasteiger charge is -2.21. The van der Waals surface area contributed by atoms with Crippen molar-refractivity contribution in [3.05, 3.63) is 97.2 Å². The van der Waals surface area contributed by atoms with Crippen LogP contribution in [0.15, 0.2) is 97.2 Å². The van der Waals surface area contributed by atoms with Crippen LogP contribution in [0.5, 0.6) is 0 Å². The fourth-order valence-electron chi connectivity index (χ4n) is 10.5. The third-order valence-corrected chi connectivity index (χ3v) is 18.4. The van der Waals surface area contributed by atoms with E-state index in [0.717, 1.165) is 161 Å². The number of carbonyl (C=O) groups is 4. The number of allylic oxidation sites excluding steroid dienone is 16. The zero-order chi connectivity index (χ0) is 73.2. The lowest BCUT2D eigenvalue weighted by molar-refractivity contribution is -0.161. The van der Waals surface area contributed by atoms with Gasteiger partial charge in [0.05, 0.1) is 26.4 Å². The molecule has 0 radical (unpaired) electrons. The summed E-state index contributed by atoms with van der Waals surface area (Å²) in [7, 11) is -9.96. The maximum absolute atomic E-state index is 13.1. The minimum Gasteiger partial charge on any atom is -0.462 e. The van der Waals surface area contributed by atoms with Gasteiger partial charge >= 0.3 is 39.5 Å². The van der Waals surface area contributed by atoms with Crippen molar-refractivity contribution in [2.45, 2.75) is 354 Å². The average molecular weight is 1450 g/mol. The molecule has 578 valence electrons. The molecule has 0 spiro atoms. The van der Waals surface area contributed by atoms with Gasteiger partial charge in [-0.2, -0.15) is 0 Å². The summed E-state index contributed by atoms with van der Waals surface area (Å²) in [6.07, 6.45) is 76.8. The van der Waals surface area contributed by atoms with Gasteiger partial charge < -0.3 is 33.8 Å². The van der Waals surface area contributed by atoms with Crippen molar-refractivity contribution in [2.24, 2.45) is 0 Å². The Morgan fingerprint density at radius 3 is 0.880 bits per heavy atom. The van der Waals surface area contributed by atoms with Crippen molar-refractivity contribution in [1.82, 2.24) is 0 Å². The molecule has 5 unspecified atom stereocenters. The van der Waals surface area contributed by atoms with Crippen LogP contribution in [0.25, 0.3) is 0 Å². The van der Waals surface area contributed by atoms with E-state index in [0.29, 0.717) is 25.7 Å². The van der Waals surface area contributed by atoms with Gasteiger partial charge in [0.15, 0.2) is 12.2 Å². The van der Waals surface area contributed by atoms with Crippen LogP contribution in [-0.2, 0) is 65.4 Å². The minimum absolute atomic E-state index is 0.0811. The molecule has 0 fully saturated rings. The van der Waals surface area contributed by atoms with Crippen LogP contribution in [0.4, 0.5) is 0 Å². The molecule has 0 rings (SSSR count). The van der Waals surface area contributed by atoms with E-state index in [-0.39, 0.29) is 25.7 Å². The second-order valence-corrected chi connectivity index (χ2v) is 29.2. The number of hydrogen-bond acceptors (Lipinski definition) is 15. The fraction of sp³-hybridized carbons (Fsp3) is 0.753. The standard InChI is InChI=1S/C81H142O17P2/c1-5-9-13-17-21-25-29-32-35-36-37-38-41-43-47-50-54-58-62-66-79(84)91-71-76(97-80(85)67-63-59-55-51-45-28-24-20-16-12-8-4)73-95-99(87,88)93-69-75(82)70-94-100(89,90)96-74-77(98-81(86)68-64-60-56-52-48-44-40-34-31-27-23-19-15-11-7-3)72-92-78(83)65-61-57-53-49-46-42-39-33-30-26-22-18-14-10-6-2/h10,14,20-22,24-26,32-33,35,37-39,46,49,75-77,82H,5-9,11-13,15-19,23,27-31,34,36,40-45,47-48,50-74H2,1-4H3,(H,87,88)(H,89,90)/b14-10-,24-20-,25-21-,26-22-,35-32-,38-37-,39-33-,49-46-. The molecule has 0 amide bonds. The van der Waals surface area contributed by atoms with E-state index in [1.54, 1.807) is 0 Å². The first-order chi connectivity index (χ1) is 48.7. The smallest absolute Gasteiger partial charge is 0.462 e. The summed E-state index contributed by atoms with van der Waals surface area (Å²) in [5.74, 6) is -2.23. The number of phosphoric acid groups is 2. The van der Waals surface area contributed by atoms with Crippen LogP contribution in [0.3, 0.4) is 0 Å². The van der Waals surface area contributed by atoms with Gasteiger partial charge in [0.2, 0.25) is 0 Å². The molecule has 0 saturated heterocycles. The largest absolute Gasteiger partial charge is 0.472 e. The number of phosphoric ester groups is 2. The summed E-state index contributed by atoms with van der Waals surface area (Å²) >= 11 is 0. The van der Waals surface area contributed by atoms with Gasteiger partial charge in [-0.25, -0.2) is 9.13 Å². The number of carbonyl (C=O) groups excluding carboxylic acids is 4. The average Bonchev–Trinajstić information content (AvgIpc) is 0.966. The number of ether oxygens (including phenoxy) is 4. The maximum Gasteiger partial charge on any atom is 0.472 e. The van der Waals surface area contributed by atoms with Gasteiger partial charge in [0.25, 0.3) is 0 Å². The van der Waals surface area contributed by atoms with E-state index in [9.17, 15) is 43.2 Å². The van der Waals surface area contributed by atoms with Gasteiger partial charge in [-0.05, 0) is 122 Å². The zero-order valence-electron chi connectivity index (χ0n) is 63.1. The summed E-state index contributed by atoms with van der Waals surface area (Å²) in [4.78, 5) is 72.9. The Balaban J connectivity index is 5.33. The summed E-state index contributed by atoms with van der Waals surface area (Å²) in [6.45, 7) is 4.66. The highest BCUT2D eigenvalue weighted by Gasteiger charge is 2.30. The molecule has 19 heteroatoms. The second kappa shape index (κ2) is 73.3. The van der Waals surface area contributed by atoms with E-state index in [4.69, 9.17) is 37.0 Å². The van der Waals surface area contributed by atoms with Crippen molar-refractivity contribution in [3.63, 3.8) is 0 Å². The van der Waals surface area contributed by atoms with E-state index in [1.165, 1.54) is 96.3 Å². The molecule has 0 aromatic carbocycles. The Hall–Kier alpha value is -4.02. The molecule has 0 heterocycles. The summed E-state index contributed by atoms with van der Waals surface area (Å²) < 4.78 is 68.5. The molecule has 5 atom stereocenters. The van der Waals surface area contributed by atoms with E-state index >= 15 is 0 Å². The number of rotatable bonds is 74. The first-order valence-corrected chi connectivity index (χ1v) is 42.5. The molecule has 0 aromatic rings. The number of hydrogen-bond donors (Lipinski definition) is 3. The van der Waals surface area contributed by atoms with Crippen molar-refractivity contribution in [3.8, 4) is 0 Å². The Labute approximate surface area is 607 Å². The van der Waals surface area contributed by atoms with E-state index in [2.05, 4.69) is 125 Å². The Kier molecular flexibility index (Phi) is 70.4. The topological polar surface area (TPSA) is 237 Å². The lowest BCUT2D eigenvalue weighted by atomic mass is 10.0. The third-order valence-electron chi connectivity index (χ3n) is 16.5. The van der Waals surface area contributed by atoms with E-state index in [1.807, 2.05) is 0 Å². The normalized spacial score (nSPS) is 14.4. The lowest BCUT2D eigenvalue weighted by Crippen LogP contribution is -2.30. The zero-order valence-corrected chi connectivity index (χ0v) is 64.9. The van der Waals surface area contributed by atoms with Crippen molar-refractivity contribution in [1.29, 1.82) is 0 Å². The monoisotopic (exact) mass is 1450 g/mol. The molecule has 0 bridgehead atoms. The Morgan fingerprint density at radius 2 is 0.530 bits per heavy atom. The van der Waals surface area contributed by atoms with Crippen LogP contribution in [-0.4, -0.2) is 96.7 Å². The van der Waals surface area contributed by atoms with Crippen molar-refractivity contribution >= 4 is 39.5 Å². The molecule has 0 aliphatic heterocycles. The maximum atomic E-state index is 13.1. The molecule has 0 aromatic heterocycles. The summed E-state index contributed by atoms with van der Waals surface area (Å²) in [6, 6.07) is 0. The van der Waals surface area contributed by atoms with Gasteiger partial charge in [0.1, 0.15) is 19.3 Å². The van der Waals surface area contributed by atoms with Crippen LogP contribution in [0.2, 0.25) is 0 Å². The number of unbranched alkanes of at least 4 members (excludes halogenated alkanes) is 32. The molecule has 0 aliphatic carbocycles. The minimum atomic E-state index is -4.98. The van der Waals surface area contributed by atoms with Gasteiger partial charge in [0, 0.05) is 25.7 Å². The highest BCUT2D eigenvalue weighted by atomic mass is 31.2. The predicted molar refractivity (Wildman–Crippen MR) is 409 cm³/mol. The van der Waals surface area contributed by atoms with Crippen LogP contribution >= 0.6 is 15.6 Å². The van der Waals surface area contributed by atoms with Gasteiger partial charge in [-0.1, -0.05) is 285 Å². The number of aliphatic hydroxyl groups is 1. The number of esters is 4. The molecule has 100 heavy (non-hydrogen) atoms. The molecular weight excluding hydrogens is 1310 g/mol. The SMILES string of the molecule is CC/C=C\C/C=C\C/C=C\C/C=C\CCCCC(=O)OCC(COP(=O)(O)OCC(O)COP(=O)(O)OCC(COC(=O)CCCCCCCC/C=C\C/C=C\C/C=C\CCCCC)OC(=O)CCCCCCC/C=C\CCCC)OC(=O)CCCCCCCCCCCCCCCCC. The summed E-state index contributed by atoms with van der Waals surface area (Å²) in [5, 5.41) is 10.6. The second-order valence-electron chi connectivity index (χ2n) is 26.3. The van der Waals surface area contributed by atoms with Crippen LogP contribution < -0.4 is 0 Å². The quantitative estimate of drug-likeness (QED) is 0.0169. The predicted octanol–water partition coefficient (Wildman–Crippen LogP) is 22.8. The summed E-state index contributed by atoms with van der Waals surface area (Å²) in [5.41, 5.74) is 0. The highest BCUT2D eigenvalue weighted by Crippen LogP contribution is 2.45. The molecule has 17 nitrogen and oxygen atoms in total. The highest BCUT2D eigenvalue weighted by molar-refractivity contribution is 7.47. The van der Waals surface area contributed by atoms with Crippen molar-refractivity contribution in [2.75, 3.05) is 39.6 Å². The fourth-order valence-corrected chi connectivity index (χ4v) is 12.1. The van der Waals surface area contributed by atoms with E-state index < -0.39 is 97.5 Å². The Bertz CT molecular complexity index is 2270. The third kappa shape index (κ3) is 72.3. The van der Waals surface area contributed by atoms with Crippen molar-refractivity contribution < 1.29 is 80.2 Å². The number of aliphatic hydroxyl groups excluding tert-OH is 1. The molecule has 0 aliphatic rings. The molecule has 3 N–H and O–H groups in total. The Morgan fingerprint density at radius 1 is 0.290 bits per heavy atom. The van der Waals surface area contributed by atoms with Crippen LogP contribution in [0.1, 0.15) is 336 Å². The molecule has 0 saturated carbocycles. The molecular formula is C81H142O17P2. The van der Waals surface area contributed by atoms with Gasteiger partial charge in [-0.15, -0.1) is 0 Å². The first-order valence-electron chi connectivity index (χ1n) is 39.5. The van der Waals surface area contributed by atoms with Gasteiger partial charge in [-0.3, -0.25) is 37.3 Å². The van der Waals surface area contributed by atoms with Crippen LogP contribution in [0, 0.1) is 0 Å². The first kappa shape index (κ1) is 96.0.